The van der Waals surface area contributed by atoms with E-state index in [0.29, 0.717) is 17.8 Å². The second kappa shape index (κ2) is 6.71. The number of carbonyl (C=O) groups is 2. The van der Waals surface area contributed by atoms with Gasteiger partial charge >= 0.3 is 0 Å². The molecule has 0 spiro atoms. The minimum absolute atomic E-state index is 0.232. The number of hydrogen-bond acceptors (Lipinski definition) is 4. The Hall–Kier alpha value is -2.60. The fourth-order valence-corrected chi connectivity index (χ4v) is 1.66. The van der Waals surface area contributed by atoms with Gasteiger partial charge in [-0.2, -0.15) is 0 Å². The molecule has 21 heavy (non-hydrogen) atoms. The van der Waals surface area contributed by atoms with Crippen molar-refractivity contribution in [2.45, 2.75) is 19.4 Å². The lowest BCUT2D eigenvalue weighted by Crippen LogP contribution is -2.34. The Morgan fingerprint density at radius 1 is 1.14 bits per heavy atom. The van der Waals surface area contributed by atoms with Crippen LogP contribution in [0.5, 0.6) is 0 Å². The molecule has 0 unspecified atom stereocenters. The first-order chi connectivity index (χ1) is 10.1. The standard InChI is InChI=1S/C15H17N3O3/c1-2-12(16)14(19)17-10-5-7-11(8-6-10)18-15(20)13-4-3-9-21-13/h3-9,12H,2,16H2,1H3,(H,17,19)(H,18,20)/t12-/m0/s1. The molecule has 2 amide bonds. The van der Waals surface area contributed by atoms with Crippen LogP contribution in [-0.4, -0.2) is 17.9 Å². The minimum Gasteiger partial charge on any atom is -0.459 e. The molecule has 0 aliphatic rings. The Morgan fingerprint density at radius 2 is 1.76 bits per heavy atom. The van der Waals surface area contributed by atoms with E-state index in [-0.39, 0.29) is 17.6 Å². The van der Waals surface area contributed by atoms with Gasteiger partial charge < -0.3 is 20.8 Å². The van der Waals surface area contributed by atoms with Gasteiger partial charge in [0.1, 0.15) is 0 Å². The fourth-order valence-electron chi connectivity index (χ4n) is 1.66. The van der Waals surface area contributed by atoms with Crippen LogP contribution in [0.25, 0.3) is 0 Å². The van der Waals surface area contributed by atoms with Crippen molar-refractivity contribution in [2.24, 2.45) is 5.73 Å². The predicted octanol–water partition coefficient (Wildman–Crippen LogP) is 2.21. The Balaban J connectivity index is 1.96. The van der Waals surface area contributed by atoms with Gasteiger partial charge in [0.2, 0.25) is 5.91 Å². The first-order valence-electron chi connectivity index (χ1n) is 6.61. The number of rotatable bonds is 5. The van der Waals surface area contributed by atoms with Crippen LogP contribution >= 0.6 is 0 Å². The summed E-state index contributed by atoms with van der Waals surface area (Å²) in [4.78, 5) is 23.4. The summed E-state index contributed by atoms with van der Waals surface area (Å²) in [5, 5.41) is 5.39. The number of benzene rings is 1. The van der Waals surface area contributed by atoms with Gasteiger partial charge in [-0.25, -0.2) is 0 Å². The average molecular weight is 287 g/mol. The highest BCUT2D eigenvalue weighted by molar-refractivity contribution is 6.02. The number of furan rings is 1. The molecule has 1 atom stereocenters. The van der Waals surface area contributed by atoms with Gasteiger partial charge in [-0.05, 0) is 42.8 Å². The van der Waals surface area contributed by atoms with Crippen LogP contribution in [0.3, 0.4) is 0 Å². The SMILES string of the molecule is CC[C@H](N)C(=O)Nc1ccc(NC(=O)c2ccco2)cc1. The van der Waals surface area contributed by atoms with Gasteiger partial charge in [0.05, 0.1) is 12.3 Å². The summed E-state index contributed by atoms with van der Waals surface area (Å²) in [6.07, 6.45) is 2.01. The molecule has 2 rings (SSSR count). The molecule has 1 aromatic carbocycles. The maximum absolute atomic E-state index is 11.8. The van der Waals surface area contributed by atoms with E-state index in [4.69, 9.17) is 10.2 Å². The summed E-state index contributed by atoms with van der Waals surface area (Å²) in [5.74, 6) is -0.323. The minimum atomic E-state index is -0.525. The van der Waals surface area contributed by atoms with Crippen molar-refractivity contribution in [3.63, 3.8) is 0 Å². The zero-order valence-corrected chi connectivity index (χ0v) is 11.6. The maximum atomic E-state index is 11.8. The number of hydrogen-bond donors (Lipinski definition) is 3. The molecular weight excluding hydrogens is 270 g/mol. The van der Waals surface area contributed by atoms with Crippen LogP contribution in [0, 0.1) is 0 Å². The highest BCUT2D eigenvalue weighted by Gasteiger charge is 2.11. The van der Waals surface area contributed by atoms with Crippen LogP contribution in [0.1, 0.15) is 23.9 Å². The number of nitrogens with one attached hydrogen (secondary N) is 2. The molecule has 0 aliphatic carbocycles. The van der Waals surface area contributed by atoms with Crippen molar-refractivity contribution in [1.29, 1.82) is 0 Å². The normalized spacial score (nSPS) is 11.7. The summed E-state index contributed by atoms with van der Waals surface area (Å²) in [5.41, 5.74) is 6.87. The van der Waals surface area contributed by atoms with Crippen molar-refractivity contribution in [1.82, 2.24) is 0 Å². The molecule has 0 saturated heterocycles. The van der Waals surface area contributed by atoms with E-state index in [9.17, 15) is 9.59 Å². The number of carbonyl (C=O) groups excluding carboxylic acids is 2. The number of anilines is 2. The van der Waals surface area contributed by atoms with Gasteiger partial charge in [-0.15, -0.1) is 0 Å². The van der Waals surface area contributed by atoms with Crippen molar-refractivity contribution in [2.75, 3.05) is 10.6 Å². The highest BCUT2D eigenvalue weighted by atomic mass is 16.3. The first-order valence-corrected chi connectivity index (χ1v) is 6.61. The predicted molar refractivity (Wildman–Crippen MR) is 80.0 cm³/mol. The van der Waals surface area contributed by atoms with Crippen LogP contribution in [0.2, 0.25) is 0 Å². The zero-order chi connectivity index (χ0) is 15.2. The molecule has 110 valence electrons. The van der Waals surface area contributed by atoms with Crippen LogP contribution in [0.4, 0.5) is 11.4 Å². The second-order valence-corrected chi connectivity index (χ2v) is 4.51. The van der Waals surface area contributed by atoms with Gasteiger partial charge in [0, 0.05) is 11.4 Å². The first kappa shape index (κ1) is 14.8. The summed E-state index contributed by atoms with van der Waals surface area (Å²) >= 11 is 0. The lowest BCUT2D eigenvalue weighted by molar-refractivity contribution is -0.117. The Labute approximate surface area is 122 Å². The van der Waals surface area contributed by atoms with Gasteiger partial charge in [-0.1, -0.05) is 6.92 Å². The molecule has 0 saturated carbocycles. The van der Waals surface area contributed by atoms with Gasteiger partial charge in [0.15, 0.2) is 5.76 Å². The largest absolute Gasteiger partial charge is 0.459 e. The fraction of sp³-hybridized carbons (Fsp3) is 0.200. The molecule has 0 fully saturated rings. The molecule has 6 nitrogen and oxygen atoms in total. The summed E-state index contributed by atoms with van der Waals surface area (Å²) in [6, 6.07) is 9.46. The van der Waals surface area contributed by atoms with Crippen molar-refractivity contribution < 1.29 is 14.0 Å². The van der Waals surface area contributed by atoms with E-state index in [2.05, 4.69) is 10.6 Å². The Morgan fingerprint density at radius 3 is 2.29 bits per heavy atom. The van der Waals surface area contributed by atoms with Crippen molar-refractivity contribution in [3.8, 4) is 0 Å². The lowest BCUT2D eigenvalue weighted by Gasteiger charge is -2.10. The van der Waals surface area contributed by atoms with E-state index in [1.165, 1.54) is 6.26 Å². The highest BCUT2D eigenvalue weighted by Crippen LogP contribution is 2.15. The molecule has 1 heterocycles. The molecule has 4 N–H and O–H groups in total. The van der Waals surface area contributed by atoms with Crippen LogP contribution in [-0.2, 0) is 4.79 Å². The van der Waals surface area contributed by atoms with Gasteiger partial charge in [0.25, 0.3) is 5.91 Å². The number of amides is 2. The van der Waals surface area contributed by atoms with Crippen molar-refractivity contribution in [3.05, 3.63) is 48.4 Å². The lowest BCUT2D eigenvalue weighted by atomic mass is 10.2. The summed E-state index contributed by atoms with van der Waals surface area (Å²) in [7, 11) is 0. The van der Waals surface area contributed by atoms with Crippen LogP contribution in [0.15, 0.2) is 47.1 Å². The van der Waals surface area contributed by atoms with E-state index in [0.717, 1.165) is 0 Å². The third kappa shape index (κ3) is 3.93. The van der Waals surface area contributed by atoms with E-state index in [1.807, 2.05) is 6.92 Å². The Kier molecular flexibility index (Phi) is 4.73. The topological polar surface area (TPSA) is 97.4 Å². The Bertz CT molecular complexity index is 606. The summed E-state index contributed by atoms with van der Waals surface area (Å²) in [6.45, 7) is 1.84. The molecule has 1 aromatic heterocycles. The number of nitrogens with two attached hydrogens (primary N) is 1. The van der Waals surface area contributed by atoms with E-state index in [1.54, 1.807) is 36.4 Å². The summed E-state index contributed by atoms with van der Waals surface area (Å²) < 4.78 is 5.00. The van der Waals surface area contributed by atoms with Gasteiger partial charge in [-0.3, -0.25) is 9.59 Å². The van der Waals surface area contributed by atoms with E-state index < -0.39 is 6.04 Å². The molecule has 0 bridgehead atoms. The van der Waals surface area contributed by atoms with Crippen LogP contribution < -0.4 is 16.4 Å². The molecular formula is C15H17N3O3. The third-order valence-electron chi connectivity index (χ3n) is 2.93. The van der Waals surface area contributed by atoms with E-state index >= 15 is 0 Å². The maximum Gasteiger partial charge on any atom is 0.291 e. The molecule has 2 aromatic rings. The average Bonchev–Trinajstić information content (AvgIpc) is 3.02. The smallest absolute Gasteiger partial charge is 0.291 e. The quantitative estimate of drug-likeness (QED) is 0.785. The molecule has 0 aliphatic heterocycles. The second-order valence-electron chi connectivity index (χ2n) is 4.51. The molecule has 6 heteroatoms. The monoisotopic (exact) mass is 287 g/mol. The zero-order valence-electron chi connectivity index (χ0n) is 11.6. The molecule has 0 radical (unpaired) electrons. The van der Waals surface area contributed by atoms with Crippen molar-refractivity contribution >= 4 is 23.2 Å². The third-order valence-corrected chi connectivity index (χ3v) is 2.93.